The molecule has 2 aromatic heterocycles. The average molecular weight is 296 g/mol. The van der Waals surface area contributed by atoms with Gasteiger partial charge in [0.25, 0.3) is 5.91 Å². The highest BCUT2D eigenvalue weighted by Crippen LogP contribution is 2.14. The van der Waals surface area contributed by atoms with Gasteiger partial charge >= 0.3 is 0 Å². The first-order valence-corrected chi connectivity index (χ1v) is 7.02. The van der Waals surface area contributed by atoms with Crippen molar-refractivity contribution < 1.29 is 9.90 Å². The highest BCUT2D eigenvalue weighted by Gasteiger charge is 2.10. The molecule has 2 heterocycles. The van der Waals surface area contributed by atoms with Crippen molar-refractivity contribution >= 4 is 16.9 Å². The molecule has 0 saturated heterocycles. The van der Waals surface area contributed by atoms with Gasteiger partial charge in [0.05, 0.1) is 24.9 Å². The van der Waals surface area contributed by atoms with Crippen molar-refractivity contribution in [2.45, 2.75) is 6.54 Å². The summed E-state index contributed by atoms with van der Waals surface area (Å²) in [4.78, 5) is 16.2. The van der Waals surface area contributed by atoms with Gasteiger partial charge in [-0.2, -0.15) is 5.10 Å². The first-order valence-electron chi connectivity index (χ1n) is 7.02. The summed E-state index contributed by atoms with van der Waals surface area (Å²) in [6, 6.07) is 11.8. The molecule has 0 aliphatic carbocycles. The minimum absolute atomic E-state index is 0.0869. The molecule has 6 nitrogen and oxygen atoms in total. The largest absolute Gasteiger partial charge is 0.395 e. The minimum atomic E-state index is -0.251. The normalized spacial score (nSPS) is 10.8. The third-order valence-electron chi connectivity index (χ3n) is 3.31. The Morgan fingerprint density at radius 1 is 1.23 bits per heavy atom. The van der Waals surface area contributed by atoms with Gasteiger partial charge in [-0.15, -0.1) is 0 Å². The Morgan fingerprint density at radius 2 is 2.05 bits per heavy atom. The highest BCUT2D eigenvalue weighted by atomic mass is 16.3. The maximum absolute atomic E-state index is 11.9. The summed E-state index contributed by atoms with van der Waals surface area (Å²) in [6.45, 7) is 0.772. The zero-order valence-corrected chi connectivity index (χ0v) is 11.9. The summed E-state index contributed by atoms with van der Waals surface area (Å²) in [5.41, 5.74) is 2.34. The van der Waals surface area contributed by atoms with E-state index >= 15 is 0 Å². The van der Waals surface area contributed by atoms with Gasteiger partial charge in [0, 0.05) is 18.1 Å². The molecule has 0 fully saturated rings. The molecular weight excluding hydrogens is 280 g/mol. The van der Waals surface area contributed by atoms with Crippen LogP contribution in [0.4, 0.5) is 0 Å². The number of aromatic nitrogens is 3. The number of nitrogens with one attached hydrogen (secondary N) is 1. The molecule has 3 aromatic rings. The molecule has 1 aromatic carbocycles. The van der Waals surface area contributed by atoms with E-state index < -0.39 is 0 Å². The number of nitrogens with zero attached hydrogens (tertiary/aromatic N) is 3. The average Bonchev–Trinajstić information content (AvgIpc) is 2.96. The summed E-state index contributed by atoms with van der Waals surface area (Å²) >= 11 is 0. The number of aliphatic hydroxyl groups excluding tert-OH is 1. The Bertz CT molecular complexity index is 783. The molecule has 0 aliphatic heterocycles. The van der Waals surface area contributed by atoms with Crippen LogP contribution in [0.5, 0.6) is 0 Å². The molecule has 2 N–H and O–H groups in total. The topological polar surface area (TPSA) is 80.0 Å². The van der Waals surface area contributed by atoms with E-state index in [-0.39, 0.29) is 19.1 Å². The fourth-order valence-electron chi connectivity index (χ4n) is 2.24. The van der Waals surface area contributed by atoms with Crippen LogP contribution in [0.3, 0.4) is 0 Å². The van der Waals surface area contributed by atoms with Crippen molar-refractivity contribution in [2.75, 3.05) is 13.2 Å². The molecule has 112 valence electrons. The van der Waals surface area contributed by atoms with Crippen LogP contribution in [0.1, 0.15) is 15.9 Å². The fourth-order valence-corrected chi connectivity index (χ4v) is 2.24. The van der Waals surface area contributed by atoms with Crippen LogP contribution in [-0.4, -0.2) is 38.9 Å². The number of fused-ring (bicyclic) bond motifs is 1. The van der Waals surface area contributed by atoms with Gasteiger partial charge in [0.15, 0.2) is 5.65 Å². The summed E-state index contributed by atoms with van der Waals surface area (Å²) in [7, 11) is 0. The lowest BCUT2D eigenvalue weighted by molar-refractivity contribution is 0.0944. The van der Waals surface area contributed by atoms with E-state index in [1.807, 2.05) is 30.3 Å². The van der Waals surface area contributed by atoms with E-state index in [0.29, 0.717) is 12.1 Å². The molecule has 0 bridgehead atoms. The van der Waals surface area contributed by atoms with Crippen LogP contribution >= 0.6 is 0 Å². The predicted molar refractivity (Wildman–Crippen MR) is 82.5 cm³/mol. The molecule has 0 spiro atoms. The predicted octanol–water partition coefficient (Wildman–Crippen LogP) is 1.20. The fraction of sp³-hybridized carbons (Fsp3) is 0.188. The number of benzene rings is 1. The van der Waals surface area contributed by atoms with Crippen molar-refractivity contribution in [1.82, 2.24) is 20.1 Å². The Hall–Kier alpha value is -2.73. The van der Waals surface area contributed by atoms with Crippen molar-refractivity contribution in [3.8, 4) is 0 Å². The standard InChI is InChI=1S/C16H16N4O2/c21-7-6-17-16(22)14-8-13-10-19-20(15(13)18-9-14)11-12-4-2-1-3-5-12/h1-5,8-10,21H,6-7,11H2,(H,17,22). The number of hydrogen-bond acceptors (Lipinski definition) is 4. The zero-order valence-electron chi connectivity index (χ0n) is 11.9. The monoisotopic (exact) mass is 296 g/mol. The molecule has 0 saturated carbocycles. The maximum atomic E-state index is 11.9. The number of rotatable bonds is 5. The Morgan fingerprint density at radius 3 is 2.82 bits per heavy atom. The van der Waals surface area contributed by atoms with Crippen molar-refractivity contribution in [3.05, 3.63) is 59.9 Å². The molecule has 6 heteroatoms. The van der Waals surface area contributed by atoms with Crippen LogP contribution in [0.2, 0.25) is 0 Å². The summed E-state index contributed by atoms with van der Waals surface area (Å²) < 4.78 is 1.81. The smallest absolute Gasteiger partial charge is 0.252 e. The van der Waals surface area contributed by atoms with Gasteiger partial charge in [0.1, 0.15) is 0 Å². The number of carbonyl (C=O) groups is 1. The SMILES string of the molecule is O=C(NCCO)c1cnc2c(cnn2Cc2ccccc2)c1. The number of carbonyl (C=O) groups excluding carboxylic acids is 1. The van der Waals surface area contributed by atoms with Crippen LogP contribution in [0, 0.1) is 0 Å². The molecule has 0 aliphatic rings. The number of pyridine rings is 1. The van der Waals surface area contributed by atoms with E-state index in [4.69, 9.17) is 5.11 Å². The lowest BCUT2D eigenvalue weighted by Gasteiger charge is -2.05. The molecule has 0 radical (unpaired) electrons. The number of aliphatic hydroxyl groups is 1. The van der Waals surface area contributed by atoms with Gasteiger partial charge in [-0.3, -0.25) is 4.79 Å². The maximum Gasteiger partial charge on any atom is 0.252 e. The van der Waals surface area contributed by atoms with Crippen molar-refractivity contribution in [2.24, 2.45) is 0 Å². The van der Waals surface area contributed by atoms with Crippen LogP contribution < -0.4 is 5.32 Å². The molecule has 0 atom stereocenters. The summed E-state index contributed by atoms with van der Waals surface area (Å²) in [5.74, 6) is -0.251. The summed E-state index contributed by atoms with van der Waals surface area (Å²) in [6.07, 6.45) is 3.23. The van der Waals surface area contributed by atoms with Crippen LogP contribution in [0.25, 0.3) is 11.0 Å². The molecular formula is C16H16N4O2. The zero-order chi connectivity index (χ0) is 15.4. The Balaban J connectivity index is 1.85. The minimum Gasteiger partial charge on any atom is -0.395 e. The van der Waals surface area contributed by atoms with Crippen LogP contribution in [0.15, 0.2) is 48.8 Å². The molecule has 3 rings (SSSR count). The lowest BCUT2D eigenvalue weighted by atomic mass is 10.2. The third kappa shape index (κ3) is 2.96. The van der Waals surface area contributed by atoms with Gasteiger partial charge in [-0.25, -0.2) is 9.67 Å². The van der Waals surface area contributed by atoms with Crippen molar-refractivity contribution in [3.63, 3.8) is 0 Å². The first-order chi connectivity index (χ1) is 10.8. The van der Waals surface area contributed by atoms with E-state index in [1.165, 1.54) is 6.20 Å². The quantitative estimate of drug-likeness (QED) is 0.741. The Labute approximate surface area is 127 Å². The van der Waals surface area contributed by atoms with E-state index in [1.54, 1.807) is 16.9 Å². The third-order valence-corrected chi connectivity index (χ3v) is 3.31. The van der Waals surface area contributed by atoms with Gasteiger partial charge < -0.3 is 10.4 Å². The molecule has 0 unspecified atom stereocenters. The summed E-state index contributed by atoms with van der Waals surface area (Å²) in [5, 5.41) is 16.5. The van der Waals surface area contributed by atoms with E-state index in [2.05, 4.69) is 15.4 Å². The van der Waals surface area contributed by atoms with E-state index in [9.17, 15) is 4.79 Å². The second kappa shape index (κ2) is 6.36. The van der Waals surface area contributed by atoms with Gasteiger partial charge in [-0.1, -0.05) is 30.3 Å². The first kappa shape index (κ1) is 14.2. The van der Waals surface area contributed by atoms with Gasteiger partial charge in [-0.05, 0) is 11.6 Å². The molecule has 1 amide bonds. The second-order valence-corrected chi connectivity index (χ2v) is 4.90. The number of hydrogen-bond donors (Lipinski definition) is 2. The van der Waals surface area contributed by atoms with E-state index in [0.717, 1.165) is 16.6 Å². The highest BCUT2D eigenvalue weighted by molar-refractivity contribution is 5.96. The lowest BCUT2D eigenvalue weighted by Crippen LogP contribution is -2.26. The van der Waals surface area contributed by atoms with Crippen LogP contribution in [-0.2, 0) is 6.54 Å². The van der Waals surface area contributed by atoms with Crippen molar-refractivity contribution in [1.29, 1.82) is 0 Å². The van der Waals surface area contributed by atoms with Gasteiger partial charge in [0.2, 0.25) is 0 Å². The Kier molecular flexibility index (Phi) is 4.11. The second-order valence-electron chi connectivity index (χ2n) is 4.90. The number of amides is 1. The molecule has 22 heavy (non-hydrogen) atoms.